The van der Waals surface area contributed by atoms with Gasteiger partial charge in [-0.3, -0.25) is 4.79 Å². The Kier molecular flexibility index (Phi) is 4.22. The second-order valence-electron chi connectivity index (χ2n) is 6.76. The number of aryl methyl sites for hydroxylation is 1. The van der Waals surface area contributed by atoms with Gasteiger partial charge in [0.1, 0.15) is 5.69 Å². The normalized spacial score (nSPS) is 15.4. The Morgan fingerprint density at radius 2 is 1.88 bits per heavy atom. The molecule has 1 saturated carbocycles. The highest BCUT2D eigenvalue weighted by atomic mass is 16.1. The van der Waals surface area contributed by atoms with Crippen LogP contribution in [0.1, 0.15) is 48.3 Å². The second-order valence-corrected chi connectivity index (χ2v) is 6.76. The van der Waals surface area contributed by atoms with Crippen molar-refractivity contribution in [3.63, 3.8) is 0 Å². The minimum atomic E-state index is -0.0834. The third-order valence-electron chi connectivity index (χ3n) is 4.85. The van der Waals surface area contributed by atoms with Gasteiger partial charge in [-0.05, 0) is 25.8 Å². The average Bonchev–Trinajstić information content (AvgIpc) is 3.08. The quantitative estimate of drug-likeness (QED) is 0.793. The summed E-state index contributed by atoms with van der Waals surface area (Å²) in [5, 5.41) is 7.76. The fourth-order valence-corrected chi connectivity index (χ4v) is 3.50. The molecule has 1 aliphatic rings. The molecule has 2 aromatic heterocycles. The van der Waals surface area contributed by atoms with Crippen LogP contribution in [-0.4, -0.2) is 26.5 Å². The first-order chi connectivity index (χ1) is 12.2. The van der Waals surface area contributed by atoms with Crippen LogP contribution in [0.25, 0.3) is 16.9 Å². The van der Waals surface area contributed by atoms with E-state index in [0.717, 1.165) is 29.8 Å². The number of fused-ring (bicyclic) bond motifs is 1. The van der Waals surface area contributed by atoms with E-state index in [1.54, 1.807) is 4.52 Å². The van der Waals surface area contributed by atoms with E-state index in [1.807, 2.05) is 49.4 Å². The van der Waals surface area contributed by atoms with Crippen molar-refractivity contribution in [2.75, 3.05) is 0 Å². The highest BCUT2D eigenvalue weighted by Crippen LogP contribution is 2.21. The maximum absolute atomic E-state index is 12.6. The molecule has 25 heavy (non-hydrogen) atoms. The number of carbonyl (C=O) groups is 1. The molecule has 0 atom stereocenters. The molecule has 0 spiro atoms. The van der Waals surface area contributed by atoms with Gasteiger partial charge in [-0.15, -0.1) is 0 Å². The second kappa shape index (κ2) is 6.67. The van der Waals surface area contributed by atoms with Crippen LogP contribution < -0.4 is 5.32 Å². The van der Waals surface area contributed by atoms with Crippen molar-refractivity contribution in [2.45, 2.75) is 45.1 Å². The molecule has 0 aliphatic heterocycles. The fraction of sp³-hybridized carbons (Fsp3) is 0.350. The van der Waals surface area contributed by atoms with Crippen molar-refractivity contribution in [3.8, 4) is 11.3 Å². The van der Waals surface area contributed by atoms with Crippen LogP contribution in [0.4, 0.5) is 0 Å². The van der Waals surface area contributed by atoms with E-state index >= 15 is 0 Å². The predicted molar refractivity (Wildman–Crippen MR) is 97.5 cm³/mol. The summed E-state index contributed by atoms with van der Waals surface area (Å²) in [7, 11) is 0. The molecule has 128 valence electrons. The van der Waals surface area contributed by atoms with Crippen molar-refractivity contribution < 1.29 is 4.79 Å². The number of amides is 1. The monoisotopic (exact) mass is 334 g/mol. The van der Waals surface area contributed by atoms with E-state index in [9.17, 15) is 4.79 Å². The first-order valence-electron chi connectivity index (χ1n) is 8.94. The lowest BCUT2D eigenvalue weighted by atomic mass is 9.95. The number of rotatable bonds is 3. The van der Waals surface area contributed by atoms with E-state index in [0.29, 0.717) is 11.3 Å². The van der Waals surface area contributed by atoms with Crippen LogP contribution in [0.15, 0.2) is 42.5 Å². The Hall–Kier alpha value is -2.69. The third kappa shape index (κ3) is 3.27. The van der Waals surface area contributed by atoms with Gasteiger partial charge in [0.2, 0.25) is 0 Å². The molecule has 1 N–H and O–H groups in total. The third-order valence-corrected chi connectivity index (χ3v) is 4.85. The van der Waals surface area contributed by atoms with E-state index in [-0.39, 0.29) is 11.9 Å². The Balaban J connectivity index is 1.63. The van der Waals surface area contributed by atoms with Gasteiger partial charge in [-0.2, -0.15) is 5.10 Å². The topological polar surface area (TPSA) is 59.3 Å². The lowest BCUT2D eigenvalue weighted by molar-refractivity contribution is 0.0922. The molecule has 1 fully saturated rings. The Morgan fingerprint density at radius 1 is 1.12 bits per heavy atom. The average molecular weight is 334 g/mol. The number of carbonyl (C=O) groups excluding carboxylic acids is 1. The Labute approximate surface area is 147 Å². The van der Waals surface area contributed by atoms with Gasteiger partial charge >= 0.3 is 0 Å². The van der Waals surface area contributed by atoms with Crippen LogP contribution in [0.2, 0.25) is 0 Å². The van der Waals surface area contributed by atoms with Gasteiger partial charge < -0.3 is 5.32 Å². The van der Waals surface area contributed by atoms with Gasteiger partial charge in [0, 0.05) is 23.4 Å². The van der Waals surface area contributed by atoms with Gasteiger partial charge in [0.15, 0.2) is 5.65 Å². The minimum absolute atomic E-state index is 0.0834. The van der Waals surface area contributed by atoms with Crippen molar-refractivity contribution in [1.29, 1.82) is 0 Å². The lowest BCUT2D eigenvalue weighted by Gasteiger charge is -2.22. The van der Waals surface area contributed by atoms with Crippen molar-refractivity contribution in [2.24, 2.45) is 0 Å². The summed E-state index contributed by atoms with van der Waals surface area (Å²) in [5.41, 5.74) is 3.98. The summed E-state index contributed by atoms with van der Waals surface area (Å²) in [6.07, 6.45) is 5.79. The standard InChI is InChI=1S/C20H22N4O/c1-14-12-18(20(25)21-16-10-6-3-7-11-16)22-19-13-17(23-24(14)19)15-8-4-2-5-9-15/h2,4-5,8-9,12-13,16H,3,6-7,10-11H2,1H3,(H,21,25). The first-order valence-corrected chi connectivity index (χ1v) is 8.94. The SMILES string of the molecule is Cc1cc(C(=O)NC2CCCCC2)nc2cc(-c3ccccc3)nn12. The van der Waals surface area contributed by atoms with Gasteiger partial charge in [0.05, 0.1) is 5.69 Å². The Morgan fingerprint density at radius 3 is 2.64 bits per heavy atom. The van der Waals surface area contributed by atoms with Gasteiger partial charge in [-0.1, -0.05) is 49.6 Å². The maximum Gasteiger partial charge on any atom is 0.270 e. The number of aromatic nitrogens is 3. The molecule has 3 aromatic rings. The fourth-order valence-electron chi connectivity index (χ4n) is 3.50. The van der Waals surface area contributed by atoms with E-state index in [4.69, 9.17) is 0 Å². The number of hydrogen-bond donors (Lipinski definition) is 1. The molecule has 0 radical (unpaired) electrons. The summed E-state index contributed by atoms with van der Waals surface area (Å²) in [5.74, 6) is -0.0834. The molecule has 0 unspecified atom stereocenters. The summed E-state index contributed by atoms with van der Waals surface area (Å²) in [4.78, 5) is 17.1. The van der Waals surface area contributed by atoms with Crippen LogP contribution in [0, 0.1) is 6.92 Å². The molecule has 1 amide bonds. The molecule has 0 saturated heterocycles. The molecule has 5 nitrogen and oxygen atoms in total. The minimum Gasteiger partial charge on any atom is -0.348 e. The smallest absolute Gasteiger partial charge is 0.270 e. The van der Waals surface area contributed by atoms with Crippen molar-refractivity contribution >= 4 is 11.6 Å². The summed E-state index contributed by atoms with van der Waals surface area (Å²) >= 11 is 0. The van der Waals surface area contributed by atoms with Crippen LogP contribution in [-0.2, 0) is 0 Å². The summed E-state index contributed by atoms with van der Waals surface area (Å²) in [6.45, 7) is 1.95. The summed E-state index contributed by atoms with van der Waals surface area (Å²) in [6, 6.07) is 14.0. The lowest BCUT2D eigenvalue weighted by Crippen LogP contribution is -2.36. The largest absolute Gasteiger partial charge is 0.348 e. The molecular weight excluding hydrogens is 312 g/mol. The zero-order valence-electron chi connectivity index (χ0n) is 14.4. The molecule has 4 rings (SSSR count). The van der Waals surface area contributed by atoms with Gasteiger partial charge in [-0.25, -0.2) is 9.50 Å². The van der Waals surface area contributed by atoms with Crippen LogP contribution in [0.5, 0.6) is 0 Å². The van der Waals surface area contributed by atoms with Crippen LogP contribution in [0.3, 0.4) is 0 Å². The highest BCUT2D eigenvalue weighted by Gasteiger charge is 2.19. The summed E-state index contributed by atoms with van der Waals surface area (Å²) < 4.78 is 1.79. The molecule has 1 aromatic carbocycles. The first kappa shape index (κ1) is 15.8. The molecule has 0 bridgehead atoms. The van der Waals surface area contributed by atoms with Crippen molar-refractivity contribution in [3.05, 3.63) is 53.9 Å². The molecule has 1 aliphatic carbocycles. The zero-order valence-corrected chi connectivity index (χ0v) is 14.4. The van der Waals surface area contributed by atoms with E-state index in [1.165, 1.54) is 19.3 Å². The van der Waals surface area contributed by atoms with E-state index in [2.05, 4.69) is 15.4 Å². The number of nitrogens with zero attached hydrogens (tertiary/aromatic N) is 3. The number of hydrogen-bond acceptors (Lipinski definition) is 3. The van der Waals surface area contributed by atoms with Gasteiger partial charge in [0.25, 0.3) is 5.91 Å². The predicted octanol–water partition coefficient (Wildman–Crippen LogP) is 3.77. The molecule has 5 heteroatoms. The Bertz CT molecular complexity index is 895. The van der Waals surface area contributed by atoms with Crippen LogP contribution >= 0.6 is 0 Å². The number of benzene rings is 1. The zero-order chi connectivity index (χ0) is 17.2. The molecular formula is C20H22N4O. The molecule has 2 heterocycles. The van der Waals surface area contributed by atoms with E-state index < -0.39 is 0 Å². The number of nitrogens with one attached hydrogen (secondary N) is 1. The van der Waals surface area contributed by atoms with Crippen molar-refractivity contribution in [1.82, 2.24) is 19.9 Å². The maximum atomic E-state index is 12.6. The highest BCUT2D eigenvalue weighted by molar-refractivity contribution is 5.93.